The Kier molecular flexibility index (Phi) is 4.82. The monoisotopic (exact) mass is 421 g/mol. The first kappa shape index (κ1) is 18.5. The van der Waals surface area contributed by atoms with Gasteiger partial charge in [-0.1, -0.05) is 11.6 Å². The second-order valence-electron chi connectivity index (χ2n) is 6.27. The van der Waals surface area contributed by atoms with E-state index in [1.807, 2.05) is 0 Å². The predicted molar refractivity (Wildman–Crippen MR) is 101 cm³/mol. The minimum atomic E-state index is -3.83. The maximum atomic E-state index is 12.5. The van der Waals surface area contributed by atoms with Gasteiger partial charge in [0.2, 0.25) is 0 Å². The zero-order valence-electron chi connectivity index (χ0n) is 14.6. The summed E-state index contributed by atoms with van der Waals surface area (Å²) in [6.07, 6.45) is 3.20. The van der Waals surface area contributed by atoms with Gasteiger partial charge in [-0.2, -0.15) is 0 Å². The molecule has 0 aliphatic carbocycles. The number of aromatic amines is 1. The molecular formula is C17H16ClN5O4S. The van der Waals surface area contributed by atoms with Crippen LogP contribution in [0.4, 0.5) is 5.69 Å². The molecule has 146 valence electrons. The van der Waals surface area contributed by atoms with Crippen LogP contribution in [0.25, 0.3) is 11.6 Å². The summed E-state index contributed by atoms with van der Waals surface area (Å²) in [5.74, 6) is -0.397. The Morgan fingerprint density at radius 2 is 1.89 bits per heavy atom. The maximum Gasteiger partial charge on any atom is 0.311 e. The van der Waals surface area contributed by atoms with Gasteiger partial charge in [0, 0.05) is 30.0 Å². The van der Waals surface area contributed by atoms with Gasteiger partial charge < -0.3 is 14.3 Å². The highest BCUT2D eigenvalue weighted by atomic mass is 35.5. The van der Waals surface area contributed by atoms with E-state index in [1.165, 1.54) is 12.3 Å². The van der Waals surface area contributed by atoms with E-state index in [4.69, 9.17) is 16.0 Å². The molecule has 0 atom stereocenters. The summed E-state index contributed by atoms with van der Waals surface area (Å²) < 4.78 is 32.9. The van der Waals surface area contributed by atoms with Crippen molar-refractivity contribution in [2.45, 2.75) is 17.7 Å². The molecule has 0 saturated carbocycles. The van der Waals surface area contributed by atoms with Crippen LogP contribution in [0.2, 0.25) is 5.02 Å². The topological polar surface area (TPSA) is 121 Å². The van der Waals surface area contributed by atoms with Crippen molar-refractivity contribution in [3.8, 4) is 11.6 Å². The van der Waals surface area contributed by atoms with Crippen LogP contribution in [-0.4, -0.2) is 47.5 Å². The van der Waals surface area contributed by atoms with Crippen molar-refractivity contribution in [2.75, 3.05) is 17.8 Å². The zero-order chi connectivity index (χ0) is 19.7. The van der Waals surface area contributed by atoms with Gasteiger partial charge >= 0.3 is 11.8 Å². The second-order valence-corrected chi connectivity index (χ2v) is 8.39. The standard InChI is InChI=1S/C17H16ClN5O4S/c18-11-3-5-12(6-4-11)22-28(25,26)13-9-14(19-10-13)15-20-21-16(27-15)17(24)23-7-1-2-8-23/h3-6,9-10,19,22H,1-2,7-8H2. The molecule has 1 saturated heterocycles. The Morgan fingerprint density at radius 3 is 2.61 bits per heavy atom. The first-order valence-corrected chi connectivity index (χ1v) is 10.4. The molecule has 0 radical (unpaired) electrons. The predicted octanol–water partition coefficient (Wildman–Crippen LogP) is 2.75. The fourth-order valence-corrected chi connectivity index (χ4v) is 4.04. The molecule has 0 unspecified atom stereocenters. The molecule has 2 aromatic heterocycles. The molecule has 3 heterocycles. The van der Waals surface area contributed by atoms with Gasteiger partial charge in [0.05, 0.1) is 0 Å². The normalized spacial score (nSPS) is 14.4. The number of anilines is 1. The highest BCUT2D eigenvalue weighted by Gasteiger charge is 2.25. The Balaban J connectivity index is 1.52. The summed E-state index contributed by atoms with van der Waals surface area (Å²) in [6.45, 7) is 1.33. The molecule has 0 bridgehead atoms. The number of amides is 1. The van der Waals surface area contributed by atoms with E-state index in [-0.39, 0.29) is 22.6 Å². The van der Waals surface area contributed by atoms with Crippen molar-refractivity contribution in [3.63, 3.8) is 0 Å². The van der Waals surface area contributed by atoms with E-state index in [0.29, 0.717) is 29.5 Å². The molecule has 1 amide bonds. The van der Waals surface area contributed by atoms with Crippen molar-refractivity contribution >= 4 is 33.2 Å². The van der Waals surface area contributed by atoms with Gasteiger partial charge in [-0.15, -0.1) is 10.2 Å². The molecular weight excluding hydrogens is 406 g/mol. The molecule has 4 rings (SSSR count). The number of carbonyl (C=O) groups excluding carboxylic acids is 1. The number of rotatable bonds is 5. The van der Waals surface area contributed by atoms with Crippen LogP contribution in [0.15, 0.2) is 45.8 Å². The highest BCUT2D eigenvalue weighted by molar-refractivity contribution is 7.92. The van der Waals surface area contributed by atoms with Crippen molar-refractivity contribution in [3.05, 3.63) is 47.4 Å². The third-order valence-electron chi connectivity index (χ3n) is 4.29. The van der Waals surface area contributed by atoms with Crippen LogP contribution < -0.4 is 4.72 Å². The fraction of sp³-hybridized carbons (Fsp3) is 0.235. The lowest BCUT2D eigenvalue weighted by molar-refractivity contribution is 0.0754. The molecule has 3 aromatic rings. The molecule has 1 fully saturated rings. The van der Waals surface area contributed by atoms with Crippen molar-refractivity contribution < 1.29 is 17.6 Å². The van der Waals surface area contributed by atoms with Crippen LogP contribution in [0.3, 0.4) is 0 Å². The van der Waals surface area contributed by atoms with E-state index >= 15 is 0 Å². The number of benzene rings is 1. The average molecular weight is 422 g/mol. The summed E-state index contributed by atoms with van der Waals surface area (Å²) in [5.41, 5.74) is 0.674. The Bertz CT molecular complexity index is 1100. The largest absolute Gasteiger partial charge is 0.411 e. The van der Waals surface area contributed by atoms with Crippen LogP contribution in [0.1, 0.15) is 23.5 Å². The number of likely N-dealkylation sites (tertiary alicyclic amines) is 1. The number of aromatic nitrogens is 3. The van der Waals surface area contributed by atoms with Crippen LogP contribution in [-0.2, 0) is 10.0 Å². The number of hydrogen-bond acceptors (Lipinski definition) is 6. The van der Waals surface area contributed by atoms with Crippen LogP contribution in [0.5, 0.6) is 0 Å². The molecule has 1 aliphatic rings. The van der Waals surface area contributed by atoms with Gasteiger partial charge in [-0.25, -0.2) is 8.42 Å². The molecule has 2 N–H and O–H groups in total. The third-order valence-corrected chi connectivity index (χ3v) is 5.91. The number of H-pyrrole nitrogens is 1. The first-order valence-electron chi connectivity index (χ1n) is 8.52. The van der Waals surface area contributed by atoms with Crippen LogP contribution >= 0.6 is 11.6 Å². The summed E-state index contributed by atoms with van der Waals surface area (Å²) in [4.78, 5) is 16.7. The van der Waals surface area contributed by atoms with Gasteiger partial charge in [0.15, 0.2) is 0 Å². The summed E-state index contributed by atoms with van der Waals surface area (Å²) in [7, 11) is -3.83. The smallest absolute Gasteiger partial charge is 0.311 e. The quantitative estimate of drug-likeness (QED) is 0.653. The molecule has 1 aromatic carbocycles. The number of halogens is 1. The van der Waals surface area contributed by atoms with E-state index in [2.05, 4.69) is 19.9 Å². The Morgan fingerprint density at radius 1 is 1.18 bits per heavy atom. The number of carbonyl (C=O) groups is 1. The number of sulfonamides is 1. The minimum absolute atomic E-state index is 0.0110. The Labute approximate surface area is 165 Å². The molecule has 11 heteroatoms. The zero-order valence-corrected chi connectivity index (χ0v) is 16.1. The summed E-state index contributed by atoms with van der Waals surface area (Å²) in [5, 5.41) is 8.12. The highest BCUT2D eigenvalue weighted by Crippen LogP contribution is 2.24. The van der Waals surface area contributed by atoms with E-state index < -0.39 is 10.0 Å². The lowest BCUT2D eigenvalue weighted by Crippen LogP contribution is -2.27. The molecule has 28 heavy (non-hydrogen) atoms. The summed E-state index contributed by atoms with van der Waals surface area (Å²) >= 11 is 5.80. The molecule has 0 spiro atoms. The molecule has 1 aliphatic heterocycles. The number of nitrogens with one attached hydrogen (secondary N) is 2. The average Bonchev–Trinajstić information content (AvgIpc) is 3.42. The van der Waals surface area contributed by atoms with Gasteiger partial charge in [-0.05, 0) is 43.2 Å². The summed E-state index contributed by atoms with van der Waals surface area (Å²) in [6, 6.07) is 7.64. The van der Waals surface area contributed by atoms with E-state index in [0.717, 1.165) is 12.8 Å². The van der Waals surface area contributed by atoms with Gasteiger partial charge in [-0.3, -0.25) is 9.52 Å². The van der Waals surface area contributed by atoms with Gasteiger partial charge in [0.25, 0.3) is 15.9 Å². The van der Waals surface area contributed by atoms with E-state index in [1.54, 1.807) is 29.2 Å². The van der Waals surface area contributed by atoms with Crippen molar-refractivity contribution in [1.29, 1.82) is 0 Å². The van der Waals surface area contributed by atoms with Crippen molar-refractivity contribution in [2.24, 2.45) is 0 Å². The fourth-order valence-electron chi connectivity index (χ4n) is 2.86. The number of nitrogens with zero attached hydrogens (tertiary/aromatic N) is 3. The first-order chi connectivity index (χ1) is 13.4. The molecule has 9 nitrogen and oxygen atoms in total. The maximum absolute atomic E-state index is 12.5. The third kappa shape index (κ3) is 3.73. The minimum Gasteiger partial charge on any atom is -0.411 e. The lowest BCUT2D eigenvalue weighted by atomic mass is 10.3. The van der Waals surface area contributed by atoms with Crippen molar-refractivity contribution in [1.82, 2.24) is 20.1 Å². The SMILES string of the molecule is O=C(c1nnc(-c2cc(S(=O)(=O)Nc3ccc(Cl)cc3)c[nH]2)o1)N1CCCC1. The lowest BCUT2D eigenvalue weighted by Gasteiger charge is -2.11. The van der Waals surface area contributed by atoms with Crippen LogP contribution in [0, 0.1) is 0 Å². The van der Waals surface area contributed by atoms with Gasteiger partial charge in [0.1, 0.15) is 10.6 Å². The number of hydrogen-bond donors (Lipinski definition) is 2. The van der Waals surface area contributed by atoms with E-state index in [9.17, 15) is 13.2 Å². The Hall–Kier alpha value is -2.85. The second kappa shape index (κ2) is 7.28.